The second-order valence-electron chi connectivity index (χ2n) is 7.64. The summed E-state index contributed by atoms with van der Waals surface area (Å²) in [5.41, 5.74) is 8.52. The number of benzene rings is 1. The van der Waals surface area contributed by atoms with Crippen molar-refractivity contribution in [1.29, 1.82) is 0 Å². The summed E-state index contributed by atoms with van der Waals surface area (Å²) in [5, 5.41) is 3.10. The van der Waals surface area contributed by atoms with Crippen LogP contribution in [0.4, 0.5) is 0 Å². The number of carbonyl (C=O) groups excluding carboxylic acids is 1. The highest BCUT2D eigenvalue weighted by molar-refractivity contribution is 5.79. The number of nitrogens with one attached hydrogen (secondary N) is 1. The molecule has 1 aliphatic heterocycles. The number of nitrogens with two attached hydrogens (primary N) is 1. The maximum absolute atomic E-state index is 12.4. The molecule has 1 aromatic carbocycles. The van der Waals surface area contributed by atoms with E-state index in [1.165, 1.54) is 11.1 Å². The van der Waals surface area contributed by atoms with Crippen LogP contribution >= 0.6 is 0 Å². The third kappa shape index (κ3) is 4.81. The van der Waals surface area contributed by atoms with Gasteiger partial charge in [-0.2, -0.15) is 0 Å². The molecule has 2 fully saturated rings. The molecule has 1 aliphatic carbocycles. The Morgan fingerprint density at radius 3 is 2.52 bits per heavy atom. The van der Waals surface area contributed by atoms with Crippen molar-refractivity contribution in [3.05, 3.63) is 35.4 Å². The van der Waals surface area contributed by atoms with Gasteiger partial charge in [0.1, 0.15) is 0 Å². The van der Waals surface area contributed by atoms with Gasteiger partial charge < -0.3 is 15.8 Å². The van der Waals surface area contributed by atoms with Gasteiger partial charge in [0, 0.05) is 32.2 Å². The third-order valence-electron chi connectivity index (χ3n) is 5.37. The van der Waals surface area contributed by atoms with Crippen molar-refractivity contribution in [1.82, 2.24) is 10.2 Å². The maximum Gasteiger partial charge on any atom is 0.224 e. The van der Waals surface area contributed by atoms with E-state index in [1.807, 2.05) is 6.07 Å². The summed E-state index contributed by atoms with van der Waals surface area (Å²) in [6.07, 6.45) is 3.46. The highest BCUT2D eigenvalue weighted by Crippen LogP contribution is 2.24. The largest absolute Gasteiger partial charge is 0.373 e. The van der Waals surface area contributed by atoms with Crippen molar-refractivity contribution in [2.75, 3.05) is 13.1 Å². The molecule has 1 saturated heterocycles. The van der Waals surface area contributed by atoms with Crippen LogP contribution in [0.1, 0.15) is 44.2 Å². The van der Waals surface area contributed by atoms with Crippen LogP contribution in [-0.4, -0.2) is 42.1 Å². The van der Waals surface area contributed by atoms with Gasteiger partial charge in [-0.05, 0) is 37.8 Å². The number of ether oxygens (including phenoxy) is 1. The summed E-state index contributed by atoms with van der Waals surface area (Å²) in [7, 11) is 0. The molecule has 5 heteroatoms. The molecule has 2 aliphatic rings. The van der Waals surface area contributed by atoms with E-state index in [4.69, 9.17) is 10.5 Å². The first-order chi connectivity index (χ1) is 12.0. The maximum atomic E-state index is 12.4. The number of carbonyl (C=O) groups is 1. The van der Waals surface area contributed by atoms with Crippen molar-refractivity contribution >= 4 is 5.91 Å². The van der Waals surface area contributed by atoms with E-state index >= 15 is 0 Å². The van der Waals surface area contributed by atoms with E-state index in [0.717, 1.165) is 38.9 Å². The molecular formula is C20H31N3O2. The molecule has 1 saturated carbocycles. The van der Waals surface area contributed by atoms with Crippen molar-refractivity contribution in [3.63, 3.8) is 0 Å². The lowest BCUT2D eigenvalue weighted by atomic mass is 10.0. The van der Waals surface area contributed by atoms with Gasteiger partial charge in [-0.15, -0.1) is 0 Å². The molecule has 1 amide bonds. The average molecular weight is 345 g/mol. The molecule has 1 aromatic rings. The third-order valence-corrected chi connectivity index (χ3v) is 5.37. The molecular weight excluding hydrogens is 314 g/mol. The van der Waals surface area contributed by atoms with Gasteiger partial charge in [0.2, 0.25) is 5.91 Å². The lowest BCUT2D eigenvalue weighted by Gasteiger charge is -2.35. The standard InChI is InChI=1S/C20H31N3O2/c1-14-11-23(12-15(2)25-14)13-17-7-4-3-6-16(17)10-22-20(24)18-8-5-9-19(18)21/h3-4,6-7,14-15,18-19H,5,8-13,21H2,1-2H3,(H,22,24)/t14-,15-,18-,19+/m1/s1. The molecule has 5 nitrogen and oxygen atoms in total. The molecule has 4 atom stereocenters. The molecule has 25 heavy (non-hydrogen) atoms. The number of hydrogen-bond acceptors (Lipinski definition) is 4. The lowest BCUT2D eigenvalue weighted by Crippen LogP contribution is -2.45. The predicted octanol–water partition coefficient (Wildman–Crippen LogP) is 2.04. The summed E-state index contributed by atoms with van der Waals surface area (Å²) < 4.78 is 5.82. The fourth-order valence-corrected chi connectivity index (χ4v) is 4.17. The predicted molar refractivity (Wildman–Crippen MR) is 98.9 cm³/mol. The normalized spacial score (nSPS) is 30.4. The summed E-state index contributed by atoms with van der Waals surface area (Å²) in [6.45, 7) is 7.61. The molecule has 0 spiro atoms. The second kappa shape index (κ2) is 8.30. The molecule has 3 N–H and O–H groups in total. The van der Waals surface area contributed by atoms with Crippen LogP contribution in [0, 0.1) is 5.92 Å². The Kier molecular flexibility index (Phi) is 6.10. The lowest BCUT2D eigenvalue weighted by molar-refractivity contribution is -0.125. The minimum atomic E-state index is -0.0203. The van der Waals surface area contributed by atoms with Crippen LogP contribution in [0.25, 0.3) is 0 Å². The SMILES string of the molecule is C[C@@H]1CN(Cc2ccccc2CNC(=O)[C@@H]2CCC[C@@H]2N)C[C@@H](C)O1. The van der Waals surface area contributed by atoms with Crippen molar-refractivity contribution < 1.29 is 9.53 Å². The van der Waals surface area contributed by atoms with Gasteiger partial charge in [0.25, 0.3) is 0 Å². The van der Waals surface area contributed by atoms with E-state index in [9.17, 15) is 4.79 Å². The van der Waals surface area contributed by atoms with Gasteiger partial charge in [-0.3, -0.25) is 9.69 Å². The molecule has 0 aromatic heterocycles. The monoisotopic (exact) mass is 345 g/mol. The van der Waals surface area contributed by atoms with E-state index in [0.29, 0.717) is 6.54 Å². The summed E-state index contributed by atoms with van der Waals surface area (Å²) in [5.74, 6) is 0.0847. The van der Waals surface area contributed by atoms with Crippen molar-refractivity contribution in [2.45, 2.75) is 64.4 Å². The van der Waals surface area contributed by atoms with Gasteiger partial charge in [0.15, 0.2) is 0 Å². The van der Waals surface area contributed by atoms with E-state index in [-0.39, 0.29) is 30.1 Å². The first kappa shape index (κ1) is 18.4. The first-order valence-corrected chi connectivity index (χ1v) is 9.51. The highest BCUT2D eigenvalue weighted by Gasteiger charge is 2.30. The van der Waals surface area contributed by atoms with Crippen LogP contribution in [0.15, 0.2) is 24.3 Å². The van der Waals surface area contributed by atoms with E-state index in [1.54, 1.807) is 0 Å². The summed E-state index contributed by atoms with van der Waals surface area (Å²) >= 11 is 0. The zero-order valence-corrected chi connectivity index (χ0v) is 15.4. The first-order valence-electron chi connectivity index (χ1n) is 9.51. The number of hydrogen-bond donors (Lipinski definition) is 2. The van der Waals surface area contributed by atoms with Crippen LogP contribution in [-0.2, 0) is 22.6 Å². The Bertz CT molecular complexity index is 582. The van der Waals surface area contributed by atoms with Gasteiger partial charge in [0.05, 0.1) is 18.1 Å². The van der Waals surface area contributed by atoms with Gasteiger partial charge in [-0.25, -0.2) is 0 Å². The molecule has 0 radical (unpaired) electrons. The minimum absolute atomic E-state index is 0.0200. The smallest absolute Gasteiger partial charge is 0.224 e. The quantitative estimate of drug-likeness (QED) is 0.857. The fraction of sp³-hybridized carbons (Fsp3) is 0.650. The number of morpholine rings is 1. The number of amides is 1. The molecule has 0 bridgehead atoms. The van der Waals surface area contributed by atoms with E-state index in [2.05, 4.69) is 42.3 Å². The molecule has 1 heterocycles. The summed E-state index contributed by atoms with van der Waals surface area (Å²) in [4.78, 5) is 14.8. The molecule has 138 valence electrons. The molecule has 3 rings (SSSR count). The molecule has 0 unspecified atom stereocenters. The van der Waals surface area contributed by atoms with E-state index < -0.39 is 0 Å². The Labute approximate surface area is 150 Å². The highest BCUT2D eigenvalue weighted by atomic mass is 16.5. The van der Waals surface area contributed by atoms with Crippen molar-refractivity contribution in [3.8, 4) is 0 Å². The fourth-order valence-electron chi connectivity index (χ4n) is 4.17. The Morgan fingerprint density at radius 1 is 1.20 bits per heavy atom. The van der Waals surface area contributed by atoms with Crippen molar-refractivity contribution in [2.24, 2.45) is 11.7 Å². The summed E-state index contributed by atoms with van der Waals surface area (Å²) in [6, 6.07) is 8.40. The van der Waals surface area contributed by atoms with Gasteiger partial charge in [-0.1, -0.05) is 30.7 Å². The Balaban J connectivity index is 1.60. The topological polar surface area (TPSA) is 67.6 Å². The van der Waals surface area contributed by atoms with Crippen LogP contribution in [0.5, 0.6) is 0 Å². The zero-order chi connectivity index (χ0) is 17.8. The zero-order valence-electron chi connectivity index (χ0n) is 15.4. The minimum Gasteiger partial charge on any atom is -0.373 e. The van der Waals surface area contributed by atoms with Crippen LogP contribution in [0.2, 0.25) is 0 Å². The number of rotatable bonds is 5. The van der Waals surface area contributed by atoms with Gasteiger partial charge >= 0.3 is 0 Å². The average Bonchev–Trinajstić information content (AvgIpc) is 2.99. The van der Waals surface area contributed by atoms with Crippen LogP contribution in [0.3, 0.4) is 0 Å². The number of nitrogens with zero attached hydrogens (tertiary/aromatic N) is 1. The van der Waals surface area contributed by atoms with Crippen LogP contribution < -0.4 is 11.1 Å². The Morgan fingerprint density at radius 2 is 1.88 bits per heavy atom. The Hall–Kier alpha value is -1.43. The second-order valence-corrected chi connectivity index (χ2v) is 7.64.